The van der Waals surface area contributed by atoms with Crippen molar-refractivity contribution in [3.8, 4) is 11.1 Å². The number of rotatable bonds is 2. The number of hydrogen-bond donors (Lipinski definition) is 2. The second kappa shape index (κ2) is 5.61. The second-order valence-electron chi connectivity index (χ2n) is 4.87. The minimum Gasteiger partial charge on any atom is -0.477 e. The fourth-order valence-corrected chi connectivity index (χ4v) is 3.17. The molecule has 0 bridgehead atoms. The third kappa shape index (κ3) is 2.84. The Hall–Kier alpha value is -2.66. The molecule has 0 spiro atoms. The number of carboxylic acids is 1. The molecule has 1 heterocycles. The van der Waals surface area contributed by atoms with E-state index in [-0.39, 0.29) is 10.8 Å². The Balaban J connectivity index is 0.000000196. The van der Waals surface area contributed by atoms with Crippen LogP contribution < -0.4 is 5.32 Å². The molecule has 5 heteroatoms. The monoisotopic (exact) mass is 311 g/mol. The van der Waals surface area contributed by atoms with Gasteiger partial charge in [-0.25, -0.2) is 4.79 Å². The maximum atomic E-state index is 11.0. The maximum Gasteiger partial charge on any atom is 0.348 e. The number of amides is 1. The Bertz CT molecular complexity index is 865. The van der Waals surface area contributed by atoms with Crippen LogP contribution in [0.4, 0.5) is 5.69 Å². The van der Waals surface area contributed by atoms with Crippen molar-refractivity contribution < 1.29 is 14.7 Å². The first kappa shape index (κ1) is 14.3. The van der Waals surface area contributed by atoms with E-state index in [0.29, 0.717) is 5.69 Å². The van der Waals surface area contributed by atoms with Crippen LogP contribution in [0.5, 0.6) is 0 Å². The summed E-state index contributed by atoms with van der Waals surface area (Å²) in [4.78, 5) is 22.2. The molecular weight excluding hydrogens is 298 g/mol. The van der Waals surface area contributed by atoms with Gasteiger partial charge in [-0.3, -0.25) is 4.79 Å². The van der Waals surface area contributed by atoms with Crippen molar-refractivity contribution in [2.24, 2.45) is 0 Å². The lowest BCUT2D eigenvalue weighted by Gasteiger charge is -2.01. The van der Waals surface area contributed by atoms with E-state index in [9.17, 15) is 9.59 Å². The molecule has 0 radical (unpaired) electrons. The van der Waals surface area contributed by atoms with Crippen LogP contribution in [0, 0.1) is 0 Å². The van der Waals surface area contributed by atoms with Crippen molar-refractivity contribution in [3.63, 3.8) is 0 Å². The number of carboxylic acid groups (broad SMARTS) is 1. The molecule has 0 unspecified atom stereocenters. The lowest BCUT2D eigenvalue weighted by Crippen LogP contribution is -2.08. The smallest absolute Gasteiger partial charge is 0.348 e. The molecule has 110 valence electrons. The number of carbonyl (C=O) groups is 2. The number of benzene rings is 2. The van der Waals surface area contributed by atoms with Crippen molar-refractivity contribution in [1.29, 1.82) is 0 Å². The Morgan fingerprint density at radius 3 is 2.23 bits per heavy atom. The number of aromatic carboxylic acids is 1. The van der Waals surface area contributed by atoms with Crippen molar-refractivity contribution in [1.82, 2.24) is 0 Å². The minimum absolute atomic E-state index is 0.163. The van der Waals surface area contributed by atoms with Crippen molar-refractivity contribution in [3.05, 3.63) is 53.4 Å². The van der Waals surface area contributed by atoms with Gasteiger partial charge in [-0.05, 0) is 23.3 Å². The molecule has 2 aromatic rings. The summed E-state index contributed by atoms with van der Waals surface area (Å²) >= 11 is 1.16. The van der Waals surface area contributed by atoms with Gasteiger partial charge in [-0.2, -0.15) is 0 Å². The van der Waals surface area contributed by atoms with Crippen LogP contribution in [0.3, 0.4) is 0 Å². The van der Waals surface area contributed by atoms with Gasteiger partial charge in [0.2, 0.25) is 5.91 Å². The highest BCUT2D eigenvalue weighted by molar-refractivity contribution is 7.21. The normalized spacial score (nSPS) is 10.6. The average Bonchev–Trinajstić information content (AvgIpc) is 2.93. The average molecular weight is 311 g/mol. The highest BCUT2D eigenvalue weighted by Gasteiger charge is 2.17. The molecule has 0 fully saturated rings. The number of thiophene rings is 1. The van der Waals surface area contributed by atoms with E-state index in [1.807, 2.05) is 18.2 Å². The summed E-state index contributed by atoms with van der Waals surface area (Å²) in [7, 11) is 0. The molecule has 22 heavy (non-hydrogen) atoms. The maximum absolute atomic E-state index is 11.0. The van der Waals surface area contributed by atoms with E-state index in [0.717, 1.165) is 21.4 Å². The molecule has 1 amide bonds. The molecule has 2 aliphatic rings. The van der Waals surface area contributed by atoms with E-state index in [2.05, 4.69) is 29.6 Å². The Labute approximate surface area is 131 Å². The number of nitrogens with one attached hydrogen (secondary N) is 1. The molecule has 0 saturated heterocycles. The molecule has 0 saturated carbocycles. The van der Waals surface area contributed by atoms with Gasteiger partial charge in [0, 0.05) is 17.0 Å². The Morgan fingerprint density at radius 2 is 1.73 bits per heavy atom. The zero-order chi connectivity index (χ0) is 15.7. The standard InChI is InChI=1S/C11H9NO3S.C6H4/c1-6(13)12-9-7-4-2-3-5-8(7)16-10(9)11(14)15;1-2-5-4-6(5)3-1/h2-5H,1H3,(H,12,13)(H,14,15);1-4H. The second-order valence-corrected chi connectivity index (χ2v) is 5.92. The van der Waals surface area contributed by atoms with Gasteiger partial charge >= 0.3 is 5.97 Å². The fraction of sp³-hybridized carbons (Fsp3) is 0.0588. The summed E-state index contributed by atoms with van der Waals surface area (Å²) in [5.74, 6) is -1.30. The molecule has 4 nitrogen and oxygen atoms in total. The number of hydrogen-bond acceptors (Lipinski definition) is 3. The fourth-order valence-electron chi connectivity index (χ4n) is 2.17. The first-order chi connectivity index (χ1) is 10.6. The van der Waals surface area contributed by atoms with Gasteiger partial charge < -0.3 is 10.4 Å². The summed E-state index contributed by atoms with van der Waals surface area (Å²) in [5.41, 5.74) is 3.24. The van der Waals surface area contributed by atoms with Crippen LogP contribution >= 0.6 is 11.3 Å². The SMILES string of the molecule is CC(=O)Nc1c(C(=O)O)sc2ccccc12.c1cc2cc-2c1. The minimum atomic E-state index is -1.02. The van der Waals surface area contributed by atoms with Gasteiger partial charge in [0.1, 0.15) is 4.88 Å². The van der Waals surface area contributed by atoms with E-state index in [4.69, 9.17) is 5.11 Å². The third-order valence-electron chi connectivity index (χ3n) is 3.20. The summed E-state index contributed by atoms with van der Waals surface area (Å²) in [6.45, 7) is 1.36. The molecule has 1 aromatic carbocycles. The van der Waals surface area contributed by atoms with Crippen LogP contribution in [-0.2, 0) is 4.79 Å². The quantitative estimate of drug-likeness (QED) is 0.582. The molecule has 2 N–H and O–H groups in total. The van der Waals surface area contributed by atoms with Crippen molar-refractivity contribution in [2.75, 3.05) is 5.32 Å². The van der Waals surface area contributed by atoms with E-state index < -0.39 is 5.97 Å². The van der Waals surface area contributed by atoms with Crippen LogP contribution in [0.2, 0.25) is 0 Å². The van der Waals surface area contributed by atoms with Gasteiger partial charge in [-0.15, -0.1) is 11.3 Å². The third-order valence-corrected chi connectivity index (χ3v) is 4.36. The largest absolute Gasteiger partial charge is 0.477 e. The van der Waals surface area contributed by atoms with Crippen LogP contribution in [0.25, 0.3) is 21.2 Å². The zero-order valence-electron chi connectivity index (χ0n) is 11.8. The first-order valence-corrected chi connectivity index (χ1v) is 7.51. The lowest BCUT2D eigenvalue weighted by atomic mass is 10.2. The molecule has 0 aliphatic heterocycles. The van der Waals surface area contributed by atoms with Gasteiger partial charge in [-0.1, -0.05) is 36.4 Å². The number of anilines is 1. The summed E-state index contributed by atoms with van der Waals surface area (Å²) in [6.07, 6.45) is 0. The highest BCUT2D eigenvalue weighted by atomic mass is 32.1. The molecule has 1 aromatic heterocycles. The van der Waals surface area contributed by atoms with Gasteiger partial charge in [0.15, 0.2) is 0 Å². The van der Waals surface area contributed by atoms with Crippen LogP contribution in [0.15, 0.2) is 48.5 Å². The van der Waals surface area contributed by atoms with Gasteiger partial charge in [0.05, 0.1) is 5.69 Å². The highest BCUT2D eigenvalue weighted by Crippen LogP contribution is 2.35. The molecular formula is C17H13NO3S. The predicted octanol–water partition coefficient (Wildman–Crippen LogP) is 4.22. The van der Waals surface area contributed by atoms with Gasteiger partial charge in [0.25, 0.3) is 0 Å². The lowest BCUT2D eigenvalue weighted by molar-refractivity contribution is -0.114. The van der Waals surface area contributed by atoms with Crippen LogP contribution in [-0.4, -0.2) is 17.0 Å². The summed E-state index contributed by atoms with van der Waals surface area (Å²) in [6, 6.07) is 15.8. The molecule has 0 atom stereocenters. The Morgan fingerprint density at radius 1 is 1.05 bits per heavy atom. The van der Waals surface area contributed by atoms with Crippen LogP contribution in [0.1, 0.15) is 16.6 Å². The first-order valence-electron chi connectivity index (χ1n) is 6.69. The zero-order valence-corrected chi connectivity index (χ0v) is 12.6. The summed E-state index contributed by atoms with van der Waals surface area (Å²) < 4.78 is 0.851. The predicted molar refractivity (Wildman–Crippen MR) is 88.5 cm³/mol. The van der Waals surface area contributed by atoms with E-state index in [1.54, 1.807) is 6.07 Å². The molecule has 2 aliphatic carbocycles. The van der Waals surface area contributed by atoms with Crippen molar-refractivity contribution >= 4 is 39.0 Å². The number of carbonyl (C=O) groups excluding carboxylic acids is 1. The topological polar surface area (TPSA) is 66.4 Å². The van der Waals surface area contributed by atoms with E-state index >= 15 is 0 Å². The van der Waals surface area contributed by atoms with E-state index in [1.165, 1.54) is 18.1 Å². The Kier molecular flexibility index (Phi) is 3.65. The van der Waals surface area contributed by atoms with Crippen molar-refractivity contribution in [2.45, 2.75) is 6.92 Å². The number of fused-ring (bicyclic) bond motifs is 2. The summed E-state index contributed by atoms with van der Waals surface area (Å²) in [5, 5.41) is 12.4. The molecule has 4 rings (SSSR count).